The zero-order valence-electron chi connectivity index (χ0n) is 14.3. The third kappa shape index (κ3) is 2.43. The van der Waals surface area contributed by atoms with Crippen molar-refractivity contribution in [3.63, 3.8) is 0 Å². The summed E-state index contributed by atoms with van der Waals surface area (Å²) in [5.74, 6) is 0. The van der Waals surface area contributed by atoms with Gasteiger partial charge in [0.25, 0.3) is 0 Å². The number of aliphatic hydroxyl groups is 1. The summed E-state index contributed by atoms with van der Waals surface area (Å²) < 4.78 is 2.44. The number of nitrogens with zero attached hydrogens (tertiary/aromatic N) is 3. The van der Waals surface area contributed by atoms with E-state index in [1.807, 2.05) is 18.3 Å². The third-order valence-electron chi connectivity index (χ3n) is 4.94. The van der Waals surface area contributed by atoms with E-state index in [4.69, 9.17) is 0 Å². The second-order valence-corrected chi connectivity index (χ2v) is 6.79. The largest absolute Gasteiger partial charge is 0.392 e. The molecule has 3 aromatic rings. The molecule has 0 aliphatic heterocycles. The molecule has 1 aliphatic carbocycles. The van der Waals surface area contributed by atoms with Gasteiger partial charge in [0.1, 0.15) is 0 Å². The minimum Gasteiger partial charge on any atom is -0.392 e. The number of hydrogen-bond acceptors (Lipinski definition) is 3. The Kier molecular flexibility index (Phi) is 3.87. The maximum absolute atomic E-state index is 9.52. The Labute approximate surface area is 142 Å². The van der Waals surface area contributed by atoms with Crippen LogP contribution in [0, 0.1) is 0 Å². The molecule has 1 aliphatic rings. The van der Waals surface area contributed by atoms with E-state index in [1.54, 1.807) is 0 Å². The van der Waals surface area contributed by atoms with Crippen molar-refractivity contribution in [1.29, 1.82) is 0 Å². The first-order chi connectivity index (χ1) is 11.7. The topological polar surface area (TPSA) is 41.3 Å². The zero-order chi connectivity index (χ0) is 16.7. The van der Waals surface area contributed by atoms with Gasteiger partial charge in [-0.05, 0) is 62.3 Å². The molecule has 0 radical (unpaired) electrons. The van der Waals surface area contributed by atoms with Gasteiger partial charge in [-0.1, -0.05) is 6.07 Å². The molecular formula is C20H23N3O. The Balaban J connectivity index is 1.98. The fourth-order valence-electron chi connectivity index (χ4n) is 3.76. The van der Waals surface area contributed by atoms with Crippen molar-refractivity contribution >= 4 is 10.9 Å². The van der Waals surface area contributed by atoms with Crippen LogP contribution < -0.4 is 0 Å². The van der Waals surface area contributed by atoms with Crippen molar-refractivity contribution in [2.24, 2.45) is 0 Å². The smallest absolute Gasteiger partial charge is 0.0682 e. The summed E-state index contributed by atoms with van der Waals surface area (Å²) in [6, 6.07) is 10.6. The summed E-state index contributed by atoms with van der Waals surface area (Å²) in [5.41, 5.74) is 7.42. The molecule has 2 aromatic heterocycles. The molecule has 0 spiro atoms. The van der Waals surface area contributed by atoms with Gasteiger partial charge in [-0.15, -0.1) is 0 Å². The lowest BCUT2D eigenvalue weighted by Gasteiger charge is -2.20. The standard InChI is InChI=1S/C20H23N3O/c1-22(2)10-11-23-19-8-5-14(13-24)12-17(19)15-6-7-18-16(20(15)23)4-3-9-21-18/h3-5,8-9,12,24H,6-7,10-11,13H2,1-2H3. The molecule has 0 bridgehead atoms. The number of pyridine rings is 1. The predicted octanol–water partition coefficient (Wildman–Crippen LogP) is 2.86. The molecule has 0 amide bonds. The lowest BCUT2D eigenvalue weighted by atomic mass is 9.92. The Hall–Kier alpha value is -2.17. The molecule has 24 heavy (non-hydrogen) atoms. The highest BCUT2D eigenvalue weighted by Gasteiger charge is 2.24. The predicted molar refractivity (Wildman–Crippen MR) is 97.1 cm³/mol. The number of likely N-dealkylation sites (N-methyl/N-ethyl adjacent to an activating group) is 1. The van der Waals surface area contributed by atoms with Crippen LogP contribution in [0.4, 0.5) is 0 Å². The number of aliphatic hydroxyl groups excluding tert-OH is 1. The summed E-state index contributed by atoms with van der Waals surface area (Å²) in [6.07, 6.45) is 3.89. The number of hydrogen-bond donors (Lipinski definition) is 1. The third-order valence-corrected chi connectivity index (χ3v) is 4.94. The van der Waals surface area contributed by atoms with Crippen LogP contribution in [0.1, 0.15) is 16.8 Å². The molecule has 4 heteroatoms. The maximum atomic E-state index is 9.52. The van der Waals surface area contributed by atoms with Gasteiger partial charge >= 0.3 is 0 Å². The van der Waals surface area contributed by atoms with Gasteiger partial charge in [0.15, 0.2) is 0 Å². The van der Waals surface area contributed by atoms with Gasteiger partial charge in [0.05, 0.1) is 12.3 Å². The van der Waals surface area contributed by atoms with Crippen LogP contribution in [0.2, 0.25) is 0 Å². The molecule has 124 valence electrons. The number of fused-ring (bicyclic) bond motifs is 5. The van der Waals surface area contributed by atoms with E-state index in [1.165, 1.54) is 33.4 Å². The molecule has 0 fully saturated rings. The van der Waals surface area contributed by atoms with E-state index in [0.29, 0.717) is 0 Å². The normalized spacial score (nSPS) is 13.3. The quantitative estimate of drug-likeness (QED) is 0.803. The highest BCUT2D eigenvalue weighted by molar-refractivity contribution is 5.93. The monoisotopic (exact) mass is 321 g/mol. The molecule has 0 saturated carbocycles. The number of rotatable bonds is 4. The van der Waals surface area contributed by atoms with E-state index in [0.717, 1.165) is 31.5 Å². The molecule has 0 saturated heterocycles. The Morgan fingerprint density at radius 2 is 2.08 bits per heavy atom. The summed E-state index contributed by atoms with van der Waals surface area (Å²) in [5, 5.41) is 10.8. The summed E-state index contributed by atoms with van der Waals surface area (Å²) >= 11 is 0. The van der Waals surface area contributed by atoms with Crippen molar-refractivity contribution in [1.82, 2.24) is 14.5 Å². The lowest BCUT2D eigenvalue weighted by molar-refractivity contribution is 0.282. The fraction of sp³-hybridized carbons (Fsp3) is 0.350. The van der Waals surface area contributed by atoms with Gasteiger partial charge in [-0.2, -0.15) is 0 Å². The molecule has 4 nitrogen and oxygen atoms in total. The molecule has 0 unspecified atom stereocenters. The minimum absolute atomic E-state index is 0.0890. The number of aryl methyl sites for hydroxylation is 2. The van der Waals surface area contributed by atoms with Crippen molar-refractivity contribution in [3.05, 3.63) is 53.3 Å². The second kappa shape index (κ2) is 6.04. The van der Waals surface area contributed by atoms with E-state index in [-0.39, 0.29) is 6.61 Å². The van der Waals surface area contributed by atoms with Gasteiger partial charge in [0, 0.05) is 41.4 Å². The van der Waals surface area contributed by atoms with Crippen LogP contribution in [-0.2, 0) is 26.0 Å². The highest BCUT2D eigenvalue weighted by atomic mass is 16.3. The van der Waals surface area contributed by atoms with Crippen LogP contribution in [0.15, 0.2) is 36.5 Å². The Bertz CT molecular complexity index is 895. The first-order valence-corrected chi connectivity index (χ1v) is 8.53. The van der Waals surface area contributed by atoms with Crippen LogP contribution in [0.5, 0.6) is 0 Å². The second-order valence-electron chi connectivity index (χ2n) is 6.79. The average molecular weight is 321 g/mol. The number of benzene rings is 1. The van der Waals surface area contributed by atoms with Gasteiger partial charge < -0.3 is 14.6 Å². The fourth-order valence-corrected chi connectivity index (χ4v) is 3.76. The lowest BCUT2D eigenvalue weighted by Crippen LogP contribution is -2.19. The molecule has 1 aromatic carbocycles. The molecule has 2 heterocycles. The van der Waals surface area contributed by atoms with E-state index in [9.17, 15) is 5.11 Å². The molecule has 1 N–H and O–H groups in total. The van der Waals surface area contributed by atoms with Gasteiger partial charge in [-0.3, -0.25) is 4.98 Å². The van der Waals surface area contributed by atoms with Crippen molar-refractivity contribution in [2.45, 2.75) is 26.0 Å². The molecule has 0 atom stereocenters. The summed E-state index contributed by atoms with van der Waals surface area (Å²) in [7, 11) is 4.22. The maximum Gasteiger partial charge on any atom is 0.0682 e. The van der Waals surface area contributed by atoms with Crippen LogP contribution >= 0.6 is 0 Å². The first kappa shape index (κ1) is 15.4. The summed E-state index contributed by atoms with van der Waals surface area (Å²) in [6.45, 7) is 2.03. The Morgan fingerprint density at radius 1 is 1.21 bits per heavy atom. The molecular weight excluding hydrogens is 298 g/mol. The van der Waals surface area contributed by atoms with E-state index >= 15 is 0 Å². The van der Waals surface area contributed by atoms with Crippen LogP contribution in [-0.4, -0.2) is 40.2 Å². The van der Waals surface area contributed by atoms with E-state index < -0.39 is 0 Å². The zero-order valence-corrected chi connectivity index (χ0v) is 14.3. The SMILES string of the molecule is CN(C)CCn1c2c(c3cc(CO)ccc31)CCc1ncccc1-2. The highest BCUT2D eigenvalue weighted by Crippen LogP contribution is 2.39. The van der Waals surface area contributed by atoms with Crippen molar-refractivity contribution in [3.8, 4) is 11.3 Å². The summed E-state index contributed by atoms with van der Waals surface area (Å²) in [4.78, 5) is 6.81. The average Bonchev–Trinajstić information content (AvgIpc) is 2.93. The van der Waals surface area contributed by atoms with Crippen molar-refractivity contribution in [2.75, 3.05) is 20.6 Å². The molecule has 4 rings (SSSR count). The van der Waals surface area contributed by atoms with Gasteiger partial charge in [0.2, 0.25) is 0 Å². The minimum atomic E-state index is 0.0890. The number of aromatic nitrogens is 2. The van der Waals surface area contributed by atoms with Crippen molar-refractivity contribution < 1.29 is 5.11 Å². The van der Waals surface area contributed by atoms with E-state index in [2.05, 4.69) is 46.7 Å². The van der Waals surface area contributed by atoms with Gasteiger partial charge in [-0.25, -0.2) is 0 Å². The van der Waals surface area contributed by atoms with Crippen LogP contribution in [0.3, 0.4) is 0 Å². The Morgan fingerprint density at radius 3 is 2.88 bits per heavy atom. The first-order valence-electron chi connectivity index (χ1n) is 8.53. The van der Waals surface area contributed by atoms with Crippen LogP contribution in [0.25, 0.3) is 22.2 Å².